The summed E-state index contributed by atoms with van der Waals surface area (Å²) in [7, 11) is 0. The van der Waals surface area contributed by atoms with E-state index in [1.807, 2.05) is 53.9 Å². The first-order valence-electron chi connectivity index (χ1n) is 10.3. The molecule has 0 fully saturated rings. The molecule has 0 saturated carbocycles. The number of amides is 1. The number of thiazole rings is 1. The van der Waals surface area contributed by atoms with Gasteiger partial charge in [0.05, 0.1) is 22.5 Å². The van der Waals surface area contributed by atoms with E-state index in [-0.39, 0.29) is 6.04 Å². The number of hydrogen-bond donors (Lipinski definition) is 0. The summed E-state index contributed by atoms with van der Waals surface area (Å²) in [4.78, 5) is 31.6. The van der Waals surface area contributed by atoms with Gasteiger partial charge in [-0.15, -0.1) is 22.7 Å². The second-order valence-electron chi connectivity index (χ2n) is 7.37. The number of hydrogen-bond acceptors (Lipinski definition) is 8. The highest BCUT2D eigenvalue weighted by atomic mass is 32.1. The number of thiophene rings is 1. The second kappa shape index (κ2) is 9.13. The Kier molecular flexibility index (Phi) is 5.89. The van der Waals surface area contributed by atoms with Crippen molar-refractivity contribution in [1.82, 2.24) is 9.99 Å². The molecule has 7 nitrogen and oxygen atoms in total. The predicted octanol–water partition coefficient (Wildman–Crippen LogP) is 5.31. The van der Waals surface area contributed by atoms with Gasteiger partial charge < -0.3 is 9.15 Å². The number of aromatic nitrogens is 1. The highest BCUT2D eigenvalue weighted by molar-refractivity contribution is 7.17. The zero-order valence-corrected chi connectivity index (χ0v) is 19.3. The SMILES string of the molecule is Cc1nc(-c2ccccc2)sc1C(=O)OCC(=O)N1N=C(c2cccs2)CC1c1ccco1. The molecule has 0 N–H and O–H groups in total. The Bertz CT molecular complexity index is 1290. The molecule has 1 amide bonds. The smallest absolute Gasteiger partial charge is 0.350 e. The number of hydrazone groups is 1. The Morgan fingerprint density at radius 3 is 2.73 bits per heavy atom. The van der Waals surface area contributed by atoms with Gasteiger partial charge in [-0.3, -0.25) is 4.79 Å². The number of ether oxygens (including phenoxy) is 1. The molecule has 4 heterocycles. The number of aryl methyl sites for hydroxylation is 1. The molecule has 0 saturated heterocycles. The molecule has 9 heteroatoms. The van der Waals surface area contributed by atoms with Crippen LogP contribution in [0.2, 0.25) is 0 Å². The van der Waals surface area contributed by atoms with E-state index in [0.717, 1.165) is 21.2 Å². The normalized spacial score (nSPS) is 15.5. The van der Waals surface area contributed by atoms with Crippen LogP contribution in [0.4, 0.5) is 0 Å². The van der Waals surface area contributed by atoms with Crippen LogP contribution in [0.15, 0.2) is 75.8 Å². The predicted molar refractivity (Wildman–Crippen MR) is 126 cm³/mol. The van der Waals surface area contributed by atoms with Gasteiger partial charge in [0.25, 0.3) is 5.91 Å². The van der Waals surface area contributed by atoms with Gasteiger partial charge >= 0.3 is 5.97 Å². The Labute approximate surface area is 198 Å². The van der Waals surface area contributed by atoms with Crippen molar-refractivity contribution in [3.63, 3.8) is 0 Å². The van der Waals surface area contributed by atoms with Crippen LogP contribution in [-0.2, 0) is 9.53 Å². The van der Waals surface area contributed by atoms with Crippen LogP contribution in [0.25, 0.3) is 10.6 Å². The number of rotatable bonds is 6. The topological polar surface area (TPSA) is 85.0 Å². The minimum atomic E-state index is -0.572. The molecule has 1 atom stereocenters. The zero-order valence-electron chi connectivity index (χ0n) is 17.6. The maximum atomic E-state index is 13.0. The third-order valence-corrected chi connectivity index (χ3v) is 7.28. The molecule has 1 unspecified atom stereocenters. The van der Waals surface area contributed by atoms with E-state index in [0.29, 0.717) is 22.8 Å². The molecular formula is C24H19N3O4S2. The van der Waals surface area contributed by atoms with Crippen molar-refractivity contribution in [1.29, 1.82) is 0 Å². The van der Waals surface area contributed by atoms with Gasteiger partial charge in [-0.1, -0.05) is 36.4 Å². The lowest BCUT2D eigenvalue weighted by molar-refractivity contribution is -0.136. The molecule has 3 aromatic heterocycles. The Morgan fingerprint density at radius 1 is 1.15 bits per heavy atom. The van der Waals surface area contributed by atoms with Crippen molar-refractivity contribution in [2.24, 2.45) is 5.10 Å². The first-order chi connectivity index (χ1) is 16.1. The Balaban J connectivity index is 1.30. The van der Waals surface area contributed by atoms with Crippen LogP contribution in [0.1, 0.15) is 38.5 Å². The number of carbonyl (C=O) groups excluding carboxylic acids is 2. The maximum Gasteiger partial charge on any atom is 0.350 e. The lowest BCUT2D eigenvalue weighted by Gasteiger charge is -2.19. The number of furan rings is 1. The van der Waals surface area contributed by atoms with E-state index in [4.69, 9.17) is 9.15 Å². The van der Waals surface area contributed by atoms with Crippen molar-refractivity contribution in [2.75, 3.05) is 6.61 Å². The highest BCUT2D eigenvalue weighted by Gasteiger charge is 2.35. The molecule has 1 aromatic carbocycles. The van der Waals surface area contributed by atoms with Crippen molar-refractivity contribution in [3.05, 3.63) is 87.4 Å². The number of esters is 1. The maximum absolute atomic E-state index is 13.0. The van der Waals surface area contributed by atoms with Crippen molar-refractivity contribution in [2.45, 2.75) is 19.4 Å². The van der Waals surface area contributed by atoms with E-state index in [9.17, 15) is 9.59 Å². The second-order valence-corrected chi connectivity index (χ2v) is 9.32. The molecule has 4 aromatic rings. The van der Waals surface area contributed by atoms with Gasteiger partial charge in [0.15, 0.2) is 6.61 Å². The molecule has 33 heavy (non-hydrogen) atoms. The van der Waals surface area contributed by atoms with Crippen molar-refractivity contribution < 1.29 is 18.7 Å². The number of benzene rings is 1. The Morgan fingerprint density at radius 2 is 2.00 bits per heavy atom. The average Bonchev–Trinajstić information content (AvgIpc) is 3.63. The first-order valence-corrected chi connectivity index (χ1v) is 12.0. The van der Waals surface area contributed by atoms with Gasteiger partial charge in [0.2, 0.25) is 0 Å². The fourth-order valence-electron chi connectivity index (χ4n) is 3.58. The fraction of sp³-hybridized carbons (Fsp3) is 0.167. The third kappa shape index (κ3) is 4.37. The van der Waals surface area contributed by atoms with Gasteiger partial charge in [-0.25, -0.2) is 14.8 Å². The lowest BCUT2D eigenvalue weighted by Crippen LogP contribution is -2.31. The van der Waals surface area contributed by atoms with Crippen LogP contribution < -0.4 is 0 Å². The molecule has 1 aliphatic rings. The molecule has 0 aliphatic carbocycles. The summed E-state index contributed by atoms with van der Waals surface area (Å²) in [5.74, 6) is -0.353. The molecule has 0 bridgehead atoms. The first kappa shape index (κ1) is 21.3. The fourth-order valence-corrected chi connectivity index (χ4v) is 5.27. The van der Waals surface area contributed by atoms with Gasteiger partial charge in [-0.05, 0) is 30.5 Å². The summed E-state index contributed by atoms with van der Waals surface area (Å²) in [6.45, 7) is 1.33. The number of carbonyl (C=O) groups is 2. The third-order valence-electron chi connectivity index (χ3n) is 5.17. The van der Waals surface area contributed by atoms with Crippen LogP contribution in [-0.4, -0.2) is 34.2 Å². The van der Waals surface area contributed by atoms with Crippen LogP contribution in [0.5, 0.6) is 0 Å². The van der Waals surface area contributed by atoms with E-state index < -0.39 is 18.5 Å². The van der Waals surface area contributed by atoms with Crippen molar-refractivity contribution in [3.8, 4) is 10.6 Å². The summed E-state index contributed by atoms with van der Waals surface area (Å²) in [5, 5.41) is 8.58. The van der Waals surface area contributed by atoms with E-state index in [2.05, 4.69) is 10.1 Å². The van der Waals surface area contributed by atoms with Crippen LogP contribution >= 0.6 is 22.7 Å². The standard InChI is InChI=1S/C24H19N3O4S2/c1-15-22(33-23(25-15)16-7-3-2-4-8-16)24(29)31-14-21(28)27-18(19-9-5-11-30-19)13-17(26-27)20-10-6-12-32-20/h2-12,18H,13-14H2,1H3. The van der Waals surface area contributed by atoms with Gasteiger partial charge in [0.1, 0.15) is 21.7 Å². The summed E-state index contributed by atoms with van der Waals surface area (Å²) >= 11 is 2.81. The monoisotopic (exact) mass is 477 g/mol. The van der Waals surface area contributed by atoms with Gasteiger partial charge in [0, 0.05) is 12.0 Å². The quantitative estimate of drug-likeness (QED) is 0.352. The van der Waals surface area contributed by atoms with E-state index in [1.165, 1.54) is 16.3 Å². The molecule has 5 rings (SSSR count). The van der Waals surface area contributed by atoms with Crippen molar-refractivity contribution >= 4 is 40.3 Å². The van der Waals surface area contributed by atoms with E-state index >= 15 is 0 Å². The molecular weight excluding hydrogens is 458 g/mol. The average molecular weight is 478 g/mol. The number of nitrogens with zero attached hydrogens (tertiary/aromatic N) is 3. The Hall–Kier alpha value is -3.56. The summed E-state index contributed by atoms with van der Waals surface area (Å²) in [6, 6.07) is 16.7. The van der Waals surface area contributed by atoms with Crippen LogP contribution in [0, 0.1) is 6.92 Å². The molecule has 1 aliphatic heterocycles. The van der Waals surface area contributed by atoms with E-state index in [1.54, 1.807) is 30.6 Å². The molecule has 166 valence electrons. The molecule has 0 radical (unpaired) electrons. The van der Waals surface area contributed by atoms with Gasteiger partial charge in [-0.2, -0.15) is 5.10 Å². The highest BCUT2D eigenvalue weighted by Crippen LogP contribution is 2.34. The minimum absolute atomic E-state index is 0.377. The van der Waals surface area contributed by atoms with Crippen LogP contribution in [0.3, 0.4) is 0 Å². The summed E-state index contributed by atoms with van der Waals surface area (Å²) in [5.41, 5.74) is 2.30. The largest absolute Gasteiger partial charge is 0.467 e. The lowest BCUT2D eigenvalue weighted by atomic mass is 10.1. The minimum Gasteiger partial charge on any atom is -0.467 e. The zero-order chi connectivity index (χ0) is 22.8. The molecule has 0 spiro atoms. The summed E-state index contributed by atoms with van der Waals surface area (Å²) in [6.07, 6.45) is 2.10. The summed E-state index contributed by atoms with van der Waals surface area (Å²) < 4.78 is 10.9.